The predicted molar refractivity (Wildman–Crippen MR) is 55.1 cm³/mol. The van der Waals surface area contributed by atoms with Gasteiger partial charge in [0.05, 0.1) is 0 Å². The molecule has 7 nitrogen and oxygen atoms in total. The van der Waals surface area contributed by atoms with Gasteiger partial charge in [0.2, 0.25) is 5.91 Å². The van der Waals surface area contributed by atoms with Crippen molar-refractivity contribution in [3.63, 3.8) is 0 Å². The summed E-state index contributed by atoms with van der Waals surface area (Å²) < 4.78 is 0. The van der Waals surface area contributed by atoms with Crippen LogP contribution in [0.5, 0.6) is 0 Å². The quantitative estimate of drug-likeness (QED) is 0.446. The van der Waals surface area contributed by atoms with Crippen LogP contribution in [-0.2, 0) is 4.79 Å². The van der Waals surface area contributed by atoms with Gasteiger partial charge >= 0.3 is 6.03 Å². The van der Waals surface area contributed by atoms with Crippen molar-refractivity contribution < 1.29 is 9.59 Å². The van der Waals surface area contributed by atoms with Gasteiger partial charge in [-0.1, -0.05) is 0 Å². The number of amides is 3. The molecule has 3 amide bonds. The maximum absolute atomic E-state index is 11.8. The minimum absolute atomic E-state index is 0.00264. The lowest BCUT2D eigenvalue weighted by Crippen LogP contribution is -2.65. The Bertz CT molecular complexity index is 347. The summed E-state index contributed by atoms with van der Waals surface area (Å²) in [7, 11) is 1.70. The van der Waals surface area contributed by atoms with Crippen molar-refractivity contribution in [1.82, 2.24) is 25.8 Å². The van der Waals surface area contributed by atoms with E-state index >= 15 is 0 Å². The Kier molecular flexibility index (Phi) is 2.13. The van der Waals surface area contributed by atoms with Gasteiger partial charge in [-0.2, -0.15) is 0 Å². The molecule has 0 bridgehead atoms. The number of nitrogens with one attached hydrogen (secondary N) is 3. The normalized spacial score (nSPS) is 39.3. The fourth-order valence-corrected chi connectivity index (χ4v) is 2.65. The van der Waals surface area contributed by atoms with E-state index in [1.54, 1.807) is 11.9 Å². The van der Waals surface area contributed by atoms with Crippen molar-refractivity contribution in [2.45, 2.75) is 24.9 Å². The van der Waals surface area contributed by atoms with Gasteiger partial charge < -0.3 is 4.90 Å². The summed E-state index contributed by atoms with van der Waals surface area (Å²) in [5, 5.41) is 8.93. The lowest BCUT2D eigenvalue weighted by molar-refractivity contribution is -0.128. The van der Waals surface area contributed by atoms with E-state index < -0.39 is 0 Å². The lowest BCUT2D eigenvalue weighted by atomic mass is 10.1. The standard InChI is InChI=1S/C9H15N5O2/c1-13-6-5(7(15)12-9(13)16)14-4-2-3-10-8(14)11-6/h5-6,8,10-11H,2-4H2,1H3,(H,12,15,16). The topological polar surface area (TPSA) is 76.7 Å². The van der Waals surface area contributed by atoms with Gasteiger partial charge in [-0.05, 0) is 13.0 Å². The van der Waals surface area contributed by atoms with Crippen molar-refractivity contribution in [1.29, 1.82) is 0 Å². The van der Waals surface area contributed by atoms with Gasteiger partial charge in [-0.3, -0.25) is 25.6 Å². The summed E-state index contributed by atoms with van der Waals surface area (Å²) in [5.41, 5.74) is 0. The summed E-state index contributed by atoms with van der Waals surface area (Å²) in [4.78, 5) is 26.9. The zero-order valence-corrected chi connectivity index (χ0v) is 9.06. The summed E-state index contributed by atoms with van der Waals surface area (Å²) in [6.07, 6.45) is 0.798. The van der Waals surface area contributed by atoms with Crippen molar-refractivity contribution in [2.75, 3.05) is 20.1 Å². The van der Waals surface area contributed by atoms with Crippen molar-refractivity contribution >= 4 is 11.9 Å². The van der Waals surface area contributed by atoms with Gasteiger partial charge in [0, 0.05) is 13.6 Å². The molecule has 7 heteroatoms. The smallest absolute Gasteiger partial charge is 0.310 e. The van der Waals surface area contributed by atoms with Crippen LogP contribution in [0, 0.1) is 0 Å². The zero-order chi connectivity index (χ0) is 11.3. The molecule has 88 valence electrons. The molecular weight excluding hydrogens is 210 g/mol. The molecule has 0 aliphatic carbocycles. The monoisotopic (exact) mass is 225 g/mol. The van der Waals surface area contributed by atoms with E-state index in [2.05, 4.69) is 20.9 Å². The molecule has 3 fully saturated rings. The van der Waals surface area contributed by atoms with E-state index in [9.17, 15) is 9.59 Å². The number of fused-ring (bicyclic) bond motifs is 3. The van der Waals surface area contributed by atoms with Gasteiger partial charge in [0.25, 0.3) is 0 Å². The minimum atomic E-state index is -0.335. The van der Waals surface area contributed by atoms with Crippen LogP contribution in [-0.4, -0.2) is 60.4 Å². The van der Waals surface area contributed by atoms with E-state index in [1.807, 2.05) is 0 Å². The van der Waals surface area contributed by atoms with E-state index in [0.29, 0.717) is 0 Å². The number of carbonyl (C=O) groups excluding carboxylic acids is 2. The van der Waals surface area contributed by atoms with Gasteiger partial charge in [0.15, 0.2) is 0 Å². The van der Waals surface area contributed by atoms with Crippen LogP contribution in [0.3, 0.4) is 0 Å². The molecule has 0 aromatic heterocycles. The molecule has 3 saturated heterocycles. The summed E-state index contributed by atoms with van der Waals surface area (Å²) in [6.45, 7) is 1.81. The van der Waals surface area contributed by atoms with Crippen LogP contribution in [0.2, 0.25) is 0 Å². The Morgan fingerprint density at radius 3 is 3.00 bits per heavy atom. The third-order valence-electron chi connectivity index (χ3n) is 3.48. The maximum atomic E-state index is 11.8. The van der Waals surface area contributed by atoms with E-state index in [0.717, 1.165) is 19.5 Å². The number of carbonyl (C=O) groups is 2. The third kappa shape index (κ3) is 1.25. The molecular formula is C9H15N5O2. The number of nitrogens with zero attached hydrogens (tertiary/aromatic N) is 2. The summed E-state index contributed by atoms with van der Waals surface area (Å²) in [5.74, 6) is -0.202. The average Bonchev–Trinajstić information content (AvgIpc) is 2.65. The Morgan fingerprint density at radius 1 is 1.38 bits per heavy atom. The fourth-order valence-electron chi connectivity index (χ4n) is 2.65. The van der Waals surface area contributed by atoms with Crippen LogP contribution in [0.1, 0.15) is 6.42 Å². The SMILES string of the molecule is CN1C(=O)NC(=O)C2C1NC1NCCCN12. The average molecular weight is 225 g/mol. The van der Waals surface area contributed by atoms with Gasteiger partial charge in [-0.15, -0.1) is 0 Å². The van der Waals surface area contributed by atoms with Crippen LogP contribution in [0.25, 0.3) is 0 Å². The van der Waals surface area contributed by atoms with Crippen LogP contribution >= 0.6 is 0 Å². The number of likely N-dealkylation sites (N-methyl/N-ethyl adjacent to an activating group) is 1. The molecule has 0 saturated carbocycles. The Morgan fingerprint density at radius 2 is 2.19 bits per heavy atom. The second-order valence-corrected chi connectivity index (χ2v) is 4.41. The molecule has 3 unspecified atom stereocenters. The number of rotatable bonds is 0. The van der Waals surface area contributed by atoms with E-state index in [1.165, 1.54) is 0 Å². The van der Waals surface area contributed by atoms with E-state index in [4.69, 9.17) is 0 Å². The molecule has 3 atom stereocenters. The summed E-state index contributed by atoms with van der Waals surface area (Å²) in [6, 6.07) is -0.612. The van der Waals surface area contributed by atoms with Crippen molar-refractivity contribution in [3.05, 3.63) is 0 Å². The first kappa shape index (κ1) is 10.0. The Hall–Kier alpha value is -1.18. The largest absolute Gasteiger partial charge is 0.325 e. The molecule has 3 rings (SSSR count). The van der Waals surface area contributed by atoms with Gasteiger partial charge in [0.1, 0.15) is 18.5 Å². The van der Waals surface area contributed by atoms with Crippen LogP contribution in [0.15, 0.2) is 0 Å². The maximum Gasteiger partial charge on any atom is 0.325 e. The Balaban J connectivity index is 1.89. The first-order valence-electron chi connectivity index (χ1n) is 5.51. The molecule has 16 heavy (non-hydrogen) atoms. The highest BCUT2D eigenvalue weighted by molar-refractivity contribution is 6.00. The highest BCUT2D eigenvalue weighted by Crippen LogP contribution is 2.23. The Labute approximate surface area is 93.1 Å². The van der Waals surface area contributed by atoms with Crippen molar-refractivity contribution in [2.24, 2.45) is 0 Å². The second kappa shape index (κ2) is 3.41. The van der Waals surface area contributed by atoms with Crippen LogP contribution in [0.4, 0.5) is 4.79 Å². The molecule has 3 aliphatic heterocycles. The number of hydrogen-bond acceptors (Lipinski definition) is 5. The first-order chi connectivity index (χ1) is 7.68. The predicted octanol–water partition coefficient (Wildman–Crippen LogP) is -1.96. The van der Waals surface area contributed by atoms with E-state index in [-0.39, 0.29) is 30.4 Å². The molecule has 0 aromatic rings. The second-order valence-electron chi connectivity index (χ2n) is 4.41. The molecule has 0 radical (unpaired) electrons. The lowest BCUT2D eigenvalue weighted by Gasteiger charge is -2.36. The molecule has 3 N–H and O–H groups in total. The van der Waals surface area contributed by atoms with Crippen molar-refractivity contribution in [3.8, 4) is 0 Å². The molecule has 0 aromatic carbocycles. The number of imide groups is 1. The molecule has 0 spiro atoms. The molecule has 3 aliphatic rings. The van der Waals surface area contributed by atoms with Crippen LogP contribution < -0.4 is 16.0 Å². The highest BCUT2D eigenvalue weighted by Gasteiger charge is 2.51. The number of urea groups is 1. The summed E-state index contributed by atoms with van der Waals surface area (Å²) >= 11 is 0. The van der Waals surface area contributed by atoms with Gasteiger partial charge in [-0.25, -0.2) is 4.79 Å². The highest BCUT2D eigenvalue weighted by atomic mass is 16.2. The number of hydrogen-bond donors (Lipinski definition) is 3. The first-order valence-corrected chi connectivity index (χ1v) is 5.51. The molecule has 3 heterocycles. The third-order valence-corrected chi connectivity index (χ3v) is 3.48. The minimum Gasteiger partial charge on any atom is -0.310 e. The fraction of sp³-hybridized carbons (Fsp3) is 0.778. The zero-order valence-electron chi connectivity index (χ0n) is 9.06.